The van der Waals surface area contributed by atoms with Crippen LogP contribution in [0.5, 0.6) is 0 Å². The molecule has 0 saturated heterocycles. The minimum Gasteiger partial charge on any atom is -0.333 e. The van der Waals surface area contributed by atoms with Crippen LogP contribution in [0, 0.1) is 0 Å². The first-order valence-corrected chi connectivity index (χ1v) is 17.5. The fourth-order valence-corrected chi connectivity index (χ4v) is 7.90. The summed E-state index contributed by atoms with van der Waals surface area (Å²) in [6.45, 7) is 0. The van der Waals surface area contributed by atoms with Crippen molar-refractivity contribution in [2.45, 2.75) is 12.0 Å². The van der Waals surface area contributed by atoms with Gasteiger partial charge in [0.1, 0.15) is 0 Å². The lowest BCUT2D eigenvalue weighted by Gasteiger charge is -2.30. The highest BCUT2D eigenvalue weighted by Crippen LogP contribution is 2.52. The van der Waals surface area contributed by atoms with Crippen molar-refractivity contribution in [1.29, 1.82) is 0 Å². The number of hydrogen-bond donors (Lipinski definition) is 0. The fraction of sp³-hybridized carbons (Fsp3) is 0.0426. The van der Waals surface area contributed by atoms with Gasteiger partial charge in [-0.15, -0.1) is 0 Å². The van der Waals surface area contributed by atoms with Crippen LogP contribution >= 0.6 is 0 Å². The van der Waals surface area contributed by atoms with Crippen molar-refractivity contribution in [2.24, 2.45) is 0 Å². The quantitative estimate of drug-likeness (QED) is 0.186. The molecule has 1 aromatic heterocycles. The van der Waals surface area contributed by atoms with E-state index < -0.39 is 0 Å². The van der Waals surface area contributed by atoms with Crippen molar-refractivity contribution in [1.82, 2.24) is 15.0 Å². The molecule has 1 aliphatic heterocycles. The Morgan fingerprint density at radius 1 is 0.412 bits per heavy atom. The third kappa shape index (κ3) is 4.95. The topological polar surface area (TPSA) is 41.9 Å². The molecule has 0 spiro atoms. The third-order valence-corrected chi connectivity index (χ3v) is 10.2. The van der Waals surface area contributed by atoms with Gasteiger partial charge in [-0.1, -0.05) is 158 Å². The molecule has 8 aromatic rings. The first-order valence-electron chi connectivity index (χ1n) is 17.5. The van der Waals surface area contributed by atoms with Gasteiger partial charge in [-0.3, -0.25) is 0 Å². The van der Waals surface area contributed by atoms with E-state index in [9.17, 15) is 0 Å². The van der Waals surface area contributed by atoms with Crippen molar-refractivity contribution >= 4 is 32.9 Å². The van der Waals surface area contributed by atoms with Crippen LogP contribution in [0.4, 0.5) is 11.4 Å². The molecule has 1 aliphatic carbocycles. The van der Waals surface area contributed by atoms with E-state index in [0.717, 1.165) is 32.8 Å². The molecule has 2 unspecified atom stereocenters. The Morgan fingerprint density at radius 3 is 1.90 bits per heavy atom. The van der Waals surface area contributed by atoms with Gasteiger partial charge in [0.25, 0.3) is 0 Å². The highest BCUT2D eigenvalue weighted by atomic mass is 15.2. The maximum atomic E-state index is 5.17. The summed E-state index contributed by atoms with van der Waals surface area (Å²) in [5, 5.41) is 4.59. The van der Waals surface area contributed by atoms with Crippen LogP contribution in [0.2, 0.25) is 0 Å². The molecule has 10 rings (SSSR count). The summed E-state index contributed by atoms with van der Waals surface area (Å²) in [5.41, 5.74) is 9.19. The molecule has 0 radical (unpaired) electrons. The zero-order chi connectivity index (χ0) is 33.7. The summed E-state index contributed by atoms with van der Waals surface area (Å²) in [6, 6.07) is 55.7. The number of anilines is 2. The predicted octanol–water partition coefficient (Wildman–Crippen LogP) is 11.6. The summed E-state index contributed by atoms with van der Waals surface area (Å²) in [4.78, 5) is 17.9. The molecule has 0 bridgehead atoms. The number of aromatic nitrogens is 3. The van der Waals surface area contributed by atoms with Gasteiger partial charge in [-0.05, 0) is 57.1 Å². The molecule has 240 valence electrons. The monoisotopic (exact) mass is 652 g/mol. The molecule has 2 heterocycles. The molecular weight excluding hydrogens is 621 g/mol. The van der Waals surface area contributed by atoms with E-state index in [-0.39, 0.29) is 12.0 Å². The van der Waals surface area contributed by atoms with Crippen LogP contribution in [0.1, 0.15) is 11.5 Å². The van der Waals surface area contributed by atoms with E-state index in [1.807, 2.05) is 18.2 Å². The van der Waals surface area contributed by atoms with E-state index in [2.05, 4.69) is 169 Å². The number of allylic oxidation sites excluding steroid dienone is 2. The minimum absolute atomic E-state index is 0.158. The van der Waals surface area contributed by atoms with Crippen molar-refractivity contribution < 1.29 is 0 Å². The van der Waals surface area contributed by atoms with Gasteiger partial charge in [0, 0.05) is 39.4 Å². The lowest BCUT2D eigenvalue weighted by atomic mass is 9.86. The number of fused-ring (bicyclic) bond motifs is 5. The Kier molecular flexibility index (Phi) is 6.91. The molecule has 7 aromatic carbocycles. The van der Waals surface area contributed by atoms with Gasteiger partial charge in [0.2, 0.25) is 0 Å². The lowest BCUT2D eigenvalue weighted by molar-refractivity contribution is 0.747. The Morgan fingerprint density at radius 2 is 1.08 bits per heavy atom. The van der Waals surface area contributed by atoms with Gasteiger partial charge >= 0.3 is 0 Å². The highest BCUT2D eigenvalue weighted by molar-refractivity contribution is 6.05. The summed E-state index contributed by atoms with van der Waals surface area (Å²) >= 11 is 0. The summed E-state index contributed by atoms with van der Waals surface area (Å²) in [6.07, 6.45) is 9.07. The molecule has 4 nitrogen and oxygen atoms in total. The average molecular weight is 653 g/mol. The fourth-order valence-electron chi connectivity index (χ4n) is 7.90. The number of benzene rings is 7. The number of hydrogen-bond acceptors (Lipinski definition) is 4. The lowest BCUT2D eigenvalue weighted by Crippen LogP contribution is -2.28. The standard InChI is InChI=1S/C47H32N4/c1-3-15-32(16-4-1)36-23-13-25-43-44(36)40-22-11-12-24-41(40)51(43)42-29-28-39(37-20-9-10-21-38(37)42)47-49-45(33-17-5-2-6-18-33)48-46(50-47)35-27-26-31-14-7-8-19-34(31)30-35/h1-30,40-41H. The zero-order valence-corrected chi connectivity index (χ0v) is 27.8. The van der Waals surface area contributed by atoms with Crippen molar-refractivity contribution in [3.8, 4) is 45.3 Å². The van der Waals surface area contributed by atoms with E-state index in [0.29, 0.717) is 17.5 Å². The largest absolute Gasteiger partial charge is 0.333 e. The molecule has 4 heteroatoms. The Hall–Kier alpha value is -6.65. The van der Waals surface area contributed by atoms with Crippen LogP contribution in [0.25, 0.3) is 66.8 Å². The second-order valence-electron chi connectivity index (χ2n) is 13.2. The first-order chi connectivity index (χ1) is 25.3. The third-order valence-electron chi connectivity index (χ3n) is 10.2. The van der Waals surface area contributed by atoms with Crippen molar-refractivity contribution in [3.63, 3.8) is 0 Å². The second kappa shape index (κ2) is 12.0. The summed E-state index contributed by atoms with van der Waals surface area (Å²) in [5.74, 6) is 2.20. The van der Waals surface area contributed by atoms with Crippen molar-refractivity contribution in [3.05, 3.63) is 188 Å². The van der Waals surface area contributed by atoms with Crippen LogP contribution in [0.3, 0.4) is 0 Å². The maximum Gasteiger partial charge on any atom is 0.164 e. The summed E-state index contributed by atoms with van der Waals surface area (Å²) in [7, 11) is 0. The van der Waals surface area contributed by atoms with E-state index in [1.54, 1.807) is 0 Å². The second-order valence-corrected chi connectivity index (χ2v) is 13.2. The Labute approximate surface area is 296 Å². The zero-order valence-electron chi connectivity index (χ0n) is 27.8. The van der Waals surface area contributed by atoms with Gasteiger partial charge in [0.15, 0.2) is 17.5 Å². The molecule has 2 atom stereocenters. The van der Waals surface area contributed by atoms with Gasteiger partial charge < -0.3 is 4.90 Å². The maximum absolute atomic E-state index is 5.17. The SMILES string of the molecule is C1=CC2c3c(-c4ccccc4)cccc3N(c3ccc(-c4nc(-c5ccccc5)nc(-c5ccc6ccccc6c5)n4)c4ccccc34)C2C=C1. The van der Waals surface area contributed by atoms with Crippen LogP contribution in [-0.4, -0.2) is 21.0 Å². The van der Waals surface area contributed by atoms with Gasteiger partial charge in [-0.2, -0.15) is 0 Å². The smallest absolute Gasteiger partial charge is 0.164 e. The molecular formula is C47H32N4. The van der Waals surface area contributed by atoms with Gasteiger partial charge in [-0.25, -0.2) is 15.0 Å². The van der Waals surface area contributed by atoms with Gasteiger partial charge in [0.05, 0.1) is 6.04 Å². The van der Waals surface area contributed by atoms with Crippen LogP contribution in [-0.2, 0) is 0 Å². The van der Waals surface area contributed by atoms with E-state index in [4.69, 9.17) is 15.0 Å². The highest BCUT2D eigenvalue weighted by Gasteiger charge is 2.39. The Balaban J connectivity index is 1.16. The molecule has 2 aliphatic rings. The predicted molar refractivity (Wildman–Crippen MR) is 210 cm³/mol. The average Bonchev–Trinajstić information content (AvgIpc) is 3.55. The normalized spacial score (nSPS) is 16.0. The number of nitrogens with zero attached hydrogens (tertiary/aromatic N) is 4. The molecule has 0 saturated carbocycles. The van der Waals surface area contributed by atoms with E-state index >= 15 is 0 Å². The minimum atomic E-state index is 0.158. The van der Waals surface area contributed by atoms with Crippen LogP contribution < -0.4 is 4.90 Å². The molecule has 0 fully saturated rings. The molecule has 0 N–H and O–H groups in total. The van der Waals surface area contributed by atoms with Crippen molar-refractivity contribution in [2.75, 3.05) is 4.90 Å². The summed E-state index contributed by atoms with van der Waals surface area (Å²) < 4.78 is 0. The van der Waals surface area contributed by atoms with E-state index in [1.165, 1.54) is 33.5 Å². The first kappa shape index (κ1) is 29.3. The Bertz CT molecular complexity index is 2660. The molecule has 51 heavy (non-hydrogen) atoms. The number of rotatable bonds is 5. The van der Waals surface area contributed by atoms with Crippen LogP contribution in [0.15, 0.2) is 182 Å². The molecule has 0 amide bonds.